The monoisotopic (exact) mass is 269 g/mol. The molecule has 0 fully saturated rings. The number of halogens is 3. The number of benzene rings is 2. The van der Waals surface area contributed by atoms with Crippen molar-refractivity contribution < 1.29 is 0 Å². The zero-order valence-electron chi connectivity index (χ0n) is 8.02. The van der Waals surface area contributed by atoms with Crippen LogP contribution in [0.1, 0.15) is 0 Å². The molecular formula is C12H6Cl3N. The highest BCUT2D eigenvalue weighted by Crippen LogP contribution is 2.34. The number of fused-ring (bicyclic) bond motifs is 3. The van der Waals surface area contributed by atoms with E-state index < -0.39 is 0 Å². The van der Waals surface area contributed by atoms with Crippen molar-refractivity contribution in [3.05, 3.63) is 45.4 Å². The van der Waals surface area contributed by atoms with Crippen molar-refractivity contribution in [1.82, 2.24) is 4.98 Å². The van der Waals surface area contributed by atoms with E-state index in [1.165, 1.54) is 0 Å². The van der Waals surface area contributed by atoms with E-state index in [1.54, 1.807) is 6.07 Å². The van der Waals surface area contributed by atoms with Gasteiger partial charge in [-0.15, -0.1) is 0 Å². The fourth-order valence-electron chi connectivity index (χ4n) is 1.90. The molecule has 0 atom stereocenters. The van der Waals surface area contributed by atoms with Gasteiger partial charge in [-0.2, -0.15) is 0 Å². The van der Waals surface area contributed by atoms with Gasteiger partial charge < -0.3 is 4.98 Å². The lowest BCUT2D eigenvalue weighted by atomic mass is 10.1. The smallest absolute Gasteiger partial charge is 0.0662 e. The van der Waals surface area contributed by atoms with E-state index in [0.29, 0.717) is 15.1 Å². The van der Waals surface area contributed by atoms with Crippen LogP contribution in [0.4, 0.5) is 0 Å². The Morgan fingerprint density at radius 1 is 0.812 bits per heavy atom. The molecule has 1 aromatic heterocycles. The van der Waals surface area contributed by atoms with E-state index in [-0.39, 0.29) is 0 Å². The number of hydrogen-bond donors (Lipinski definition) is 1. The number of aromatic nitrogens is 1. The van der Waals surface area contributed by atoms with Gasteiger partial charge in [0.2, 0.25) is 0 Å². The minimum Gasteiger partial charge on any atom is -0.353 e. The normalized spacial score (nSPS) is 11.4. The van der Waals surface area contributed by atoms with Crippen LogP contribution >= 0.6 is 34.8 Å². The molecule has 3 rings (SSSR count). The maximum Gasteiger partial charge on any atom is 0.0662 e. The van der Waals surface area contributed by atoms with Gasteiger partial charge in [-0.1, -0.05) is 34.8 Å². The molecule has 80 valence electrons. The molecule has 0 aliphatic rings. The van der Waals surface area contributed by atoms with Crippen LogP contribution in [0, 0.1) is 0 Å². The molecular weight excluding hydrogens is 264 g/mol. The highest BCUT2D eigenvalue weighted by Gasteiger charge is 2.08. The second-order valence-electron chi connectivity index (χ2n) is 3.63. The molecule has 2 aromatic carbocycles. The maximum absolute atomic E-state index is 6.12. The predicted molar refractivity (Wildman–Crippen MR) is 70.8 cm³/mol. The molecule has 0 radical (unpaired) electrons. The highest BCUT2D eigenvalue weighted by atomic mass is 35.5. The van der Waals surface area contributed by atoms with Crippen LogP contribution in [0.25, 0.3) is 21.8 Å². The Morgan fingerprint density at radius 2 is 1.56 bits per heavy atom. The van der Waals surface area contributed by atoms with Crippen LogP contribution in [-0.4, -0.2) is 4.98 Å². The third-order valence-electron chi connectivity index (χ3n) is 2.59. The van der Waals surface area contributed by atoms with Gasteiger partial charge in [0, 0.05) is 26.3 Å². The summed E-state index contributed by atoms with van der Waals surface area (Å²) in [6, 6.07) is 9.29. The summed E-state index contributed by atoms with van der Waals surface area (Å²) < 4.78 is 0. The molecule has 1 nitrogen and oxygen atoms in total. The van der Waals surface area contributed by atoms with Gasteiger partial charge in [0.25, 0.3) is 0 Å². The molecule has 0 saturated carbocycles. The summed E-state index contributed by atoms with van der Waals surface area (Å²) in [5.41, 5.74) is 1.90. The van der Waals surface area contributed by atoms with Gasteiger partial charge in [0.15, 0.2) is 0 Å². The molecule has 0 unspecified atom stereocenters. The lowest BCUT2D eigenvalue weighted by molar-refractivity contribution is 1.55. The number of hydrogen-bond acceptors (Lipinski definition) is 0. The van der Waals surface area contributed by atoms with Gasteiger partial charge >= 0.3 is 0 Å². The van der Waals surface area contributed by atoms with E-state index in [1.807, 2.05) is 24.3 Å². The third kappa shape index (κ3) is 1.47. The summed E-state index contributed by atoms with van der Waals surface area (Å²) >= 11 is 18.1. The summed E-state index contributed by atoms with van der Waals surface area (Å²) in [6.45, 7) is 0. The highest BCUT2D eigenvalue weighted by molar-refractivity contribution is 6.39. The topological polar surface area (TPSA) is 15.8 Å². The Kier molecular flexibility index (Phi) is 2.28. The molecule has 1 heterocycles. The Hall–Kier alpha value is -0.890. The molecule has 0 aliphatic heterocycles. The number of H-pyrrole nitrogens is 1. The van der Waals surface area contributed by atoms with Crippen LogP contribution in [0.2, 0.25) is 15.1 Å². The van der Waals surface area contributed by atoms with Crippen molar-refractivity contribution in [3.8, 4) is 0 Å². The van der Waals surface area contributed by atoms with Gasteiger partial charge in [0.1, 0.15) is 0 Å². The van der Waals surface area contributed by atoms with E-state index >= 15 is 0 Å². The van der Waals surface area contributed by atoms with Gasteiger partial charge in [-0.25, -0.2) is 0 Å². The van der Waals surface area contributed by atoms with E-state index in [0.717, 1.165) is 21.8 Å². The first-order chi connectivity index (χ1) is 7.65. The summed E-state index contributed by atoms with van der Waals surface area (Å²) in [6.07, 6.45) is 0. The lowest BCUT2D eigenvalue weighted by Crippen LogP contribution is -1.71. The Balaban J connectivity index is 2.57. The SMILES string of the molecule is Clc1ccc2[nH]c3c(Cl)cc(Cl)cc3c2c1. The molecule has 16 heavy (non-hydrogen) atoms. The van der Waals surface area contributed by atoms with Crippen molar-refractivity contribution >= 4 is 56.6 Å². The fourth-order valence-corrected chi connectivity index (χ4v) is 2.61. The number of aromatic amines is 1. The van der Waals surface area contributed by atoms with Crippen LogP contribution in [0.3, 0.4) is 0 Å². The van der Waals surface area contributed by atoms with Crippen LogP contribution in [-0.2, 0) is 0 Å². The van der Waals surface area contributed by atoms with Crippen molar-refractivity contribution in [2.45, 2.75) is 0 Å². The minimum absolute atomic E-state index is 0.620. The Bertz CT molecular complexity index is 700. The summed E-state index contributed by atoms with van der Waals surface area (Å²) in [5.74, 6) is 0. The molecule has 0 amide bonds. The molecule has 3 aromatic rings. The van der Waals surface area contributed by atoms with Gasteiger partial charge in [0.05, 0.1) is 10.5 Å². The largest absolute Gasteiger partial charge is 0.353 e. The van der Waals surface area contributed by atoms with Crippen LogP contribution in [0.5, 0.6) is 0 Å². The van der Waals surface area contributed by atoms with Gasteiger partial charge in [-0.3, -0.25) is 0 Å². The fraction of sp³-hybridized carbons (Fsp3) is 0. The predicted octanol–water partition coefficient (Wildman–Crippen LogP) is 5.28. The molecule has 0 saturated heterocycles. The van der Waals surface area contributed by atoms with E-state index in [9.17, 15) is 0 Å². The van der Waals surface area contributed by atoms with E-state index in [4.69, 9.17) is 34.8 Å². The summed E-state index contributed by atoms with van der Waals surface area (Å²) in [7, 11) is 0. The molecule has 1 N–H and O–H groups in total. The minimum atomic E-state index is 0.620. The van der Waals surface area contributed by atoms with Gasteiger partial charge in [-0.05, 0) is 30.3 Å². The maximum atomic E-state index is 6.12. The van der Waals surface area contributed by atoms with E-state index in [2.05, 4.69) is 4.98 Å². The first-order valence-electron chi connectivity index (χ1n) is 4.71. The Labute approximate surface area is 107 Å². The van der Waals surface area contributed by atoms with Crippen LogP contribution in [0.15, 0.2) is 30.3 Å². The number of nitrogens with one attached hydrogen (secondary N) is 1. The molecule has 0 spiro atoms. The lowest BCUT2D eigenvalue weighted by Gasteiger charge is -1.95. The van der Waals surface area contributed by atoms with Crippen molar-refractivity contribution in [2.24, 2.45) is 0 Å². The second-order valence-corrected chi connectivity index (χ2v) is 4.91. The third-order valence-corrected chi connectivity index (χ3v) is 3.34. The molecule has 0 bridgehead atoms. The quantitative estimate of drug-likeness (QED) is 0.572. The average Bonchev–Trinajstić information content (AvgIpc) is 2.57. The number of rotatable bonds is 0. The standard InChI is InChI=1S/C12H6Cl3N/c13-6-1-2-11-8(3-6)9-4-7(14)5-10(15)12(9)16-11/h1-5,16H. The van der Waals surface area contributed by atoms with Crippen molar-refractivity contribution in [3.63, 3.8) is 0 Å². The second kappa shape index (κ2) is 3.56. The van der Waals surface area contributed by atoms with Crippen LogP contribution < -0.4 is 0 Å². The zero-order valence-corrected chi connectivity index (χ0v) is 10.3. The van der Waals surface area contributed by atoms with Crippen molar-refractivity contribution in [1.29, 1.82) is 0 Å². The zero-order chi connectivity index (χ0) is 11.3. The summed E-state index contributed by atoms with van der Waals surface area (Å²) in [5, 5.41) is 3.97. The van der Waals surface area contributed by atoms with Crippen molar-refractivity contribution in [2.75, 3.05) is 0 Å². The molecule has 4 heteroatoms. The first-order valence-corrected chi connectivity index (χ1v) is 5.84. The summed E-state index contributed by atoms with van der Waals surface area (Å²) in [4.78, 5) is 3.25. The Morgan fingerprint density at radius 3 is 2.38 bits per heavy atom. The first kappa shape index (κ1) is 10.3. The molecule has 0 aliphatic carbocycles. The average molecular weight is 271 g/mol.